The molecule has 3 heterocycles. The number of nitrogens with zero attached hydrogens (tertiary/aromatic N) is 3. The number of aromatic nitrogens is 2. The minimum Gasteiger partial charge on any atom is -0.383 e. The Bertz CT molecular complexity index is 1010. The van der Waals surface area contributed by atoms with Crippen LogP contribution in [0.1, 0.15) is 21.0 Å². The molecule has 1 aromatic carbocycles. The molecule has 28 heavy (non-hydrogen) atoms. The largest absolute Gasteiger partial charge is 0.383 e. The van der Waals surface area contributed by atoms with E-state index in [0.29, 0.717) is 37.6 Å². The molecule has 1 aliphatic rings. The van der Waals surface area contributed by atoms with Crippen LogP contribution in [-0.4, -0.2) is 59.1 Å². The zero-order valence-corrected chi connectivity index (χ0v) is 15.7. The summed E-state index contributed by atoms with van der Waals surface area (Å²) in [4.78, 5) is 31.6. The van der Waals surface area contributed by atoms with Gasteiger partial charge in [0.25, 0.3) is 11.8 Å². The number of fused-ring (bicyclic) bond motifs is 2. The van der Waals surface area contributed by atoms with E-state index in [0.717, 1.165) is 10.8 Å². The number of hydrogen-bond acceptors (Lipinski definition) is 4. The summed E-state index contributed by atoms with van der Waals surface area (Å²) in [5.74, 6) is -0.287. The van der Waals surface area contributed by atoms with E-state index in [1.165, 1.54) is 0 Å². The molecule has 4 rings (SSSR count). The summed E-state index contributed by atoms with van der Waals surface area (Å²) in [6, 6.07) is 13.1. The normalized spacial score (nSPS) is 16.2. The highest BCUT2D eigenvalue weighted by molar-refractivity contribution is 6.05. The second-order valence-electron chi connectivity index (χ2n) is 6.78. The molecule has 0 saturated heterocycles. The van der Waals surface area contributed by atoms with Crippen molar-refractivity contribution in [2.24, 2.45) is 0 Å². The van der Waals surface area contributed by atoms with Gasteiger partial charge in [-0.05, 0) is 23.6 Å². The number of nitrogens with one attached hydrogen (secondary N) is 1. The molecule has 0 fully saturated rings. The molecule has 0 spiro atoms. The molecule has 2 aromatic heterocycles. The molecule has 1 N–H and O–H groups in total. The van der Waals surface area contributed by atoms with E-state index in [2.05, 4.69) is 10.3 Å². The van der Waals surface area contributed by atoms with Crippen molar-refractivity contribution in [2.45, 2.75) is 12.6 Å². The fraction of sp³-hybridized carbons (Fsp3) is 0.286. The van der Waals surface area contributed by atoms with Crippen LogP contribution >= 0.6 is 0 Å². The molecule has 0 bridgehead atoms. The molecule has 2 amide bonds. The first kappa shape index (κ1) is 18.2. The maximum Gasteiger partial charge on any atom is 0.270 e. The first-order valence-electron chi connectivity index (χ1n) is 9.26. The van der Waals surface area contributed by atoms with Gasteiger partial charge in [-0.2, -0.15) is 0 Å². The number of amides is 2. The van der Waals surface area contributed by atoms with Crippen LogP contribution in [0.5, 0.6) is 0 Å². The van der Waals surface area contributed by atoms with Crippen LogP contribution in [0.4, 0.5) is 0 Å². The van der Waals surface area contributed by atoms with Crippen LogP contribution in [0.15, 0.2) is 54.9 Å². The summed E-state index contributed by atoms with van der Waals surface area (Å²) in [5.41, 5.74) is 1.06. The van der Waals surface area contributed by atoms with Crippen molar-refractivity contribution in [1.82, 2.24) is 19.8 Å². The van der Waals surface area contributed by atoms with Crippen molar-refractivity contribution in [3.8, 4) is 0 Å². The Morgan fingerprint density at radius 1 is 1.25 bits per heavy atom. The molecule has 7 heteroatoms. The highest BCUT2D eigenvalue weighted by Crippen LogP contribution is 2.19. The summed E-state index contributed by atoms with van der Waals surface area (Å²) < 4.78 is 7.08. The van der Waals surface area contributed by atoms with Gasteiger partial charge >= 0.3 is 0 Å². The van der Waals surface area contributed by atoms with E-state index >= 15 is 0 Å². The van der Waals surface area contributed by atoms with Crippen LogP contribution in [0.3, 0.4) is 0 Å². The Morgan fingerprint density at radius 2 is 2.11 bits per heavy atom. The molecule has 1 aliphatic heterocycles. The highest BCUT2D eigenvalue weighted by atomic mass is 16.5. The molecule has 1 unspecified atom stereocenters. The molecule has 0 saturated carbocycles. The number of ether oxygens (including phenoxy) is 1. The Kier molecular flexibility index (Phi) is 5.08. The fourth-order valence-electron chi connectivity index (χ4n) is 3.65. The van der Waals surface area contributed by atoms with Gasteiger partial charge in [0.15, 0.2) is 0 Å². The van der Waals surface area contributed by atoms with Crippen molar-refractivity contribution in [3.05, 3.63) is 66.2 Å². The summed E-state index contributed by atoms with van der Waals surface area (Å²) in [7, 11) is 1.61. The smallest absolute Gasteiger partial charge is 0.270 e. The number of carbonyl (C=O) groups excluding carboxylic acids is 2. The predicted molar refractivity (Wildman–Crippen MR) is 105 cm³/mol. The molecule has 1 atom stereocenters. The quantitative estimate of drug-likeness (QED) is 0.711. The minimum absolute atomic E-state index is 0.0455. The number of methoxy groups -OCH3 is 1. The third-order valence-electron chi connectivity index (χ3n) is 5.08. The van der Waals surface area contributed by atoms with E-state index < -0.39 is 0 Å². The zero-order chi connectivity index (χ0) is 19.5. The SMILES string of the molecule is COCCN1C(=O)c2cccn2CC1CNC(=O)c1nccc2ccccc12. The lowest BCUT2D eigenvalue weighted by molar-refractivity contribution is 0.0504. The van der Waals surface area contributed by atoms with Crippen molar-refractivity contribution >= 4 is 22.6 Å². The Labute approximate surface area is 162 Å². The third-order valence-corrected chi connectivity index (χ3v) is 5.08. The number of benzene rings is 1. The highest BCUT2D eigenvalue weighted by Gasteiger charge is 2.32. The van der Waals surface area contributed by atoms with Crippen LogP contribution < -0.4 is 5.32 Å². The average molecular weight is 378 g/mol. The van der Waals surface area contributed by atoms with Gasteiger partial charge in [0.1, 0.15) is 11.4 Å². The summed E-state index contributed by atoms with van der Waals surface area (Å²) >= 11 is 0. The Hall–Kier alpha value is -3.19. The molecule has 7 nitrogen and oxygen atoms in total. The minimum atomic E-state index is -0.241. The summed E-state index contributed by atoms with van der Waals surface area (Å²) in [6.07, 6.45) is 3.53. The third kappa shape index (κ3) is 3.36. The lowest BCUT2D eigenvalue weighted by atomic mass is 10.1. The topological polar surface area (TPSA) is 76.5 Å². The van der Waals surface area contributed by atoms with Crippen LogP contribution in [0.2, 0.25) is 0 Å². The van der Waals surface area contributed by atoms with Crippen molar-refractivity contribution in [3.63, 3.8) is 0 Å². The monoisotopic (exact) mass is 378 g/mol. The van der Waals surface area contributed by atoms with Gasteiger partial charge in [0.2, 0.25) is 0 Å². The predicted octanol–water partition coefficient (Wildman–Crippen LogP) is 1.94. The van der Waals surface area contributed by atoms with Crippen molar-refractivity contribution < 1.29 is 14.3 Å². The second kappa shape index (κ2) is 7.82. The fourth-order valence-corrected chi connectivity index (χ4v) is 3.65. The molecule has 0 radical (unpaired) electrons. The van der Waals surface area contributed by atoms with E-state index in [1.54, 1.807) is 18.2 Å². The van der Waals surface area contributed by atoms with E-state index in [9.17, 15) is 9.59 Å². The summed E-state index contributed by atoms with van der Waals surface area (Å²) in [5, 5.41) is 4.74. The van der Waals surface area contributed by atoms with Gasteiger partial charge < -0.3 is 19.5 Å². The van der Waals surface area contributed by atoms with Crippen LogP contribution in [0, 0.1) is 0 Å². The van der Waals surface area contributed by atoms with E-state index in [1.807, 2.05) is 53.2 Å². The lowest BCUT2D eigenvalue weighted by Crippen LogP contribution is -2.53. The molecule has 0 aliphatic carbocycles. The van der Waals surface area contributed by atoms with Gasteiger partial charge in [0, 0.05) is 44.5 Å². The molecular weight excluding hydrogens is 356 g/mol. The zero-order valence-electron chi connectivity index (χ0n) is 15.7. The molecule has 144 valence electrons. The van der Waals surface area contributed by atoms with E-state index in [-0.39, 0.29) is 17.9 Å². The first-order valence-corrected chi connectivity index (χ1v) is 9.26. The Morgan fingerprint density at radius 3 is 2.96 bits per heavy atom. The maximum absolute atomic E-state index is 12.8. The standard InChI is InChI=1S/C21H22N4O3/c1-28-12-11-25-16(14-24-10-4-7-18(24)21(25)27)13-23-20(26)19-17-6-3-2-5-15(17)8-9-22-19/h2-10,16H,11-14H2,1H3,(H,23,26). The van der Waals surface area contributed by atoms with Crippen LogP contribution in [-0.2, 0) is 11.3 Å². The second-order valence-corrected chi connectivity index (χ2v) is 6.78. The van der Waals surface area contributed by atoms with Gasteiger partial charge in [-0.1, -0.05) is 24.3 Å². The van der Waals surface area contributed by atoms with Gasteiger partial charge in [0.05, 0.1) is 12.6 Å². The van der Waals surface area contributed by atoms with Gasteiger partial charge in [-0.25, -0.2) is 0 Å². The van der Waals surface area contributed by atoms with Gasteiger partial charge in [-0.3, -0.25) is 14.6 Å². The van der Waals surface area contributed by atoms with Crippen molar-refractivity contribution in [2.75, 3.05) is 26.8 Å². The lowest BCUT2D eigenvalue weighted by Gasteiger charge is -2.36. The molecular formula is C21H22N4O3. The van der Waals surface area contributed by atoms with Crippen LogP contribution in [0.25, 0.3) is 10.8 Å². The number of carbonyl (C=O) groups is 2. The number of rotatable bonds is 6. The first-order chi connectivity index (χ1) is 13.7. The summed E-state index contributed by atoms with van der Waals surface area (Å²) in [6.45, 7) is 1.90. The van der Waals surface area contributed by atoms with E-state index in [4.69, 9.17) is 4.74 Å². The van der Waals surface area contributed by atoms with Gasteiger partial charge in [-0.15, -0.1) is 0 Å². The maximum atomic E-state index is 12.8. The molecule has 3 aromatic rings. The average Bonchev–Trinajstić information content (AvgIpc) is 3.20. The Balaban J connectivity index is 1.52. The number of hydrogen-bond donors (Lipinski definition) is 1. The number of pyridine rings is 1. The van der Waals surface area contributed by atoms with Crippen molar-refractivity contribution in [1.29, 1.82) is 0 Å².